The first kappa shape index (κ1) is 21.3. The maximum atomic E-state index is 13.0. The first-order valence-electron chi connectivity index (χ1n) is 10.9. The molecule has 0 radical (unpaired) electrons. The van der Waals surface area contributed by atoms with Crippen LogP contribution in [0.15, 0.2) is 109 Å². The topological polar surface area (TPSA) is 44.1 Å². The minimum atomic E-state index is -0.506. The van der Waals surface area contributed by atoms with Crippen LogP contribution in [0.4, 0.5) is 4.39 Å². The van der Waals surface area contributed by atoms with Gasteiger partial charge in [-0.05, 0) is 65.7 Å². The van der Waals surface area contributed by atoms with Gasteiger partial charge in [0.05, 0.1) is 11.0 Å². The van der Waals surface area contributed by atoms with Crippen LogP contribution in [0.3, 0.4) is 0 Å². The summed E-state index contributed by atoms with van der Waals surface area (Å²) in [6, 6.07) is 31.5. The van der Waals surface area contributed by atoms with Gasteiger partial charge in [-0.3, -0.25) is 0 Å². The molecule has 4 nitrogen and oxygen atoms in total. The number of fused-ring (bicyclic) bond motifs is 1. The van der Waals surface area contributed by atoms with E-state index in [4.69, 9.17) is 9.72 Å². The van der Waals surface area contributed by atoms with Gasteiger partial charge in [0.25, 0.3) is 0 Å². The molecule has 0 bridgehead atoms. The highest BCUT2D eigenvalue weighted by molar-refractivity contribution is 5.88. The first-order valence-corrected chi connectivity index (χ1v) is 10.9. The van der Waals surface area contributed by atoms with Crippen LogP contribution in [-0.4, -0.2) is 15.5 Å². The third-order valence-electron chi connectivity index (χ3n) is 5.45. The van der Waals surface area contributed by atoms with Gasteiger partial charge in [-0.2, -0.15) is 0 Å². The summed E-state index contributed by atoms with van der Waals surface area (Å²) in [7, 11) is 0. The van der Waals surface area contributed by atoms with Crippen molar-refractivity contribution in [3.8, 4) is 17.1 Å². The van der Waals surface area contributed by atoms with Gasteiger partial charge in [0.2, 0.25) is 0 Å². The number of halogens is 1. The molecule has 0 N–H and O–H groups in total. The number of ether oxygens (including phenoxy) is 1. The Labute approximate surface area is 196 Å². The van der Waals surface area contributed by atoms with E-state index < -0.39 is 5.97 Å². The third kappa shape index (κ3) is 4.79. The molecule has 5 rings (SSSR count). The standard InChI is InChI=1S/C29H21FN2O2/c30-24-15-10-21(11-16-24)12-19-28(33)34-25-17-13-23(14-18-25)29-31-26-8-4-5-9-27(26)32(29)20-22-6-2-1-3-7-22/h1-19H,20H2/b19-12+. The zero-order valence-corrected chi connectivity index (χ0v) is 18.3. The molecule has 1 heterocycles. The van der Waals surface area contributed by atoms with E-state index in [1.54, 1.807) is 30.3 Å². The molecule has 5 heteroatoms. The lowest BCUT2D eigenvalue weighted by atomic mass is 10.2. The minimum Gasteiger partial charge on any atom is -0.423 e. The number of esters is 1. The molecular formula is C29H21FN2O2. The van der Waals surface area contributed by atoms with E-state index in [1.807, 2.05) is 48.5 Å². The summed E-state index contributed by atoms with van der Waals surface area (Å²) in [5.74, 6) is 0.452. The Morgan fingerprint density at radius 1 is 0.853 bits per heavy atom. The number of aromatic nitrogens is 2. The van der Waals surface area contributed by atoms with Crippen molar-refractivity contribution in [2.45, 2.75) is 6.54 Å². The number of para-hydroxylation sites is 2. The average molecular weight is 448 g/mol. The van der Waals surface area contributed by atoms with Crippen LogP contribution in [-0.2, 0) is 11.3 Å². The molecule has 5 aromatic rings. The lowest BCUT2D eigenvalue weighted by Crippen LogP contribution is -2.04. The van der Waals surface area contributed by atoms with E-state index in [9.17, 15) is 9.18 Å². The molecule has 0 saturated carbocycles. The van der Waals surface area contributed by atoms with Crippen molar-refractivity contribution in [3.63, 3.8) is 0 Å². The van der Waals surface area contributed by atoms with Gasteiger partial charge >= 0.3 is 5.97 Å². The van der Waals surface area contributed by atoms with Gasteiger partial charge in [-0.15, -0.1) is 0 Å². The predicted octanol–water partition coefficient (Wildman–Crippen LogP) is 6.51. The van der Waals surface area contributed by atoms with Crippen molar-refractivity contribution < 1.29 is 13.9 Å². The highest BCUT2D eigenvalue weighted by atomic mass is 19.1. The lowest BCUT2D eigenvalue weighted by Gasteiger charge is -2.10. The molecule has 0 aliphatic rings. The second-order valence-corrected chi connectivity index (χ2v) is 7.83. The van der Waals surface area contributed by atoms with Crippen LogP contribution in [0.25, 0.3) is 28.5 Å². The molecule has 0 atom stereocenters. The molecule has 0 fully saturated rings. The van der Waals surface area contributed by atoms with Crippen molar-refractivity contribution in [2.75, 3.05) is 0 Å². The average Bonchev–Trinajstić information content (AvgIpc) is 3.23. The number of carbonyl (C=O) groups excluding carboxylic acids is 1. The molecule has 166 valence electrons. The fourth-order valence-electron chi connectivity index (χ4n) is 3.78. The van der Waals surface area contributed by atoms with E-state index in [2.05, 4.69) is 22.8 Å². The summed E-state index contributed by atoms with van der Waals surface area (Å²) in [5, 5.41) is 0. The maximum Gasteiger partial charge on any atom is 0.336 e. The number of nitrogens with zero attached hydrogens (tertiary/aromatic N) is 2. The molecule has 0 amide bonds. The molecule has 0 unspecified atom stereocenters. The van der Waals surface area contributed by atoms with Crippen molar-refractivity contribution in [3.05, 3.63) is 126 Å². The predicted molar refractivity (Wildman–Crippen MR) is 132 cm³/mol. The molecule has 1 aromatic heterocycles. The summed E-state index contributed by atoms with van der Waals surface area (Å²) in [6.07, 6.45) is 2.91. The molecule has 0 aliphatic carbocycles. The van der Waals surface area contributed by atoms with Crippen LogP contribution in [0, 0.1) is 5.82 Å². The first-order chi connectivity index (χ1) is 16.7. The van der Waals surface area contributed by atoms with Crippen molar-refractivity contribution in [2.24, 2.45) is 0 Å². The van der Waals surface area contributed by atoms with Crippen LogP contribution in [0.5, 0.6) is 5.75 Å². The summed E-state index contributed by atoms with van der Waals surface area (Å²) < 4.78 is 20.6. The van der Waals surface area contributed by atoms with Gasteiger partial charge in [0.15, 0.2) is 0 Å². The van der Waals surface area contributed by atoms with E-state index >= 15 is 0 Å². The highest BCUT2D eigenvalue weighted by Crippen LogP contribution is 2.27. The summed E-state index contributed by atoms with van der Waals surface area (Å²) in [5.41, 5.74) is 4.81. The number of hydrogen-bond donors (Lipinski definition) is 0. The zero-order chi connectivity index (χ0) is 23.3. The van der Waals surface area contributed by atoms with Gasteiger partial charge in [-0.1, -0.05) is 54.6 Å². The molecule has 34 heavy (non-hydrogen) atoms. The minimum absolute atomic E-state index is 0.322. The Morgan fingerprint density at radius 3 is 2.32 bits per heavy atom. The Kier molecular flexibility index (Phi) is 5.99. The number of rotatable bonds is 6. The van der Waals surface area contributed by atoms with Crippen molar-refractivity contribution in [1.82, 2.24) is 9.55 Å². The fraction of sp³-hybridized carbons (Fsp3) is 0.0345. The fourth-order valence-corrected chi connectivity index (χ4v) is 3.78. The van der Waals surface area contributed by atoms with Crippen molar-refractivity contribution >= 4 is 23.1 Å². The molecule has 0 saturated heterocycles. The number of carbonyl (C=O) groups is 1. The second-order valence-electron chi connectivity index (χ2n) is 7.83. The summed E-state index contributed by atoms with van der Waals surface area (Å²) in [6.45, 7) is 0.696. The van der Waals surface area contributed by atoms with Gasteiger partial charge < -0.3 is 9.30 Å². The Hall–Kier alpha value is -4.51. The second kappa shape index (κ2) is 9.55. The largest absolute Gasteiger partial charge is 0.423 e. The van der Waals surface area contributed by atoms with Gasteiger partial charge in [0, 0.05) is 18.2 Å². The number of hydrogen-bond acceptors (Lipinski definition) is 3. The van der Waals surface area contributed by atoms with E-state index in [0.717, 1.165) is 22.4 Å². The van der Waals surface area contributed by atoms with Crippen LogP contribution in [0.1, 0.15) is 11.1 Å². The van der Waals surface area contributed by atoms with Crippen LogP contribution in [0.2, 0.25) is 0 Å². The monoisotopic (exact) mass is 448 g/mol. The van der Waals surface area contributed by atoms with E-state index in [-0.39, 0.29) is 5.82 Å². The van der Waals surface area contributed by atoms with Crippen molar-refractivity contribution in [1.29, 1.82) is 0 Å². The SMILES string of the molecule is O=C(/C=C/c1ccc(F)cc1)Oc1ccc(-c2nc3ccccc3n2Cc2ccccc2)cc1. The maximum absolute atomic E-state index is 13.0. The number of imidazole rings is 1. The number of benzene rings is 4. The Morgan fingerprint density at radius 2 is 1.56 bits per heavy atom. The highest BCUT2D eigenvalue weighted by Gasteiger charge is 2.13. The zero-order valence-electron chi connectivity index (χ0n) is 18.3. The summed E-state index contributed by atoms with van der Waals surface area (Å²) >= 11 is 0. The van der Waals surface area contributed by atoms with E-state index in [1.165, 1.54) is 23.8 Å². The smallest absolute Gasteiger partial charge is 0.336 e. The molecule has 4 aromatic carbocycles. The lowest BCUT2D eigenvalue weighted by molar-refractivity contribution is -0.128. The Bertz CT molecular complexity index is 1450. The Balaban J connectivity index is 1.37. The van der Waals surface area contributed by atoms with Gasteiger partial charge in [0.1, 0.15) is 17.4 Å². The molecule has 0 aliphatic heterocycles. The third-order valence-corrected chi connectivity index (χ3v) is 5.45. The van der Waals surface area contributed by atoms with Crippen LogP contribution < -0.4 is 4.74 Å². The normalized spacial score (nSPS) is 11.2. The quantitative estimate of drug-likeness (QED) is 0.169. The molecular weight excluding hydrogens is 427 g/mol. The van der Waals surface area contributed by atoms with E-state index in [0.29, 0.717) is 17.9 Å². The summed E-state index contributed by atoms with van der Waals surface area (Å²) in [4.78, 5) is 17.0. The molecule has 0 spiro atoms. The van der Waals surface area contributed by atoms with Crippen LogP contribution >= 0.6 is 0 Å². The van der Waals surface area contributed by atoms with Gasteiger partial charge in [-0.25, -0.2) is 14.2 Å².